The molecule has 0 aromatic heterocycles. The summed E-state index contributed by atoms with van der Waals surface area (Å²) in [5, 5.41) is 0. The van der Waals surface area contributed by atoms with E-state index in [0.29, 0.717) is 22.8 Å². The van der Waals surface area contributed by atoms with Gasteiger partial charge in [0.1, 0.15) is 11.5 Å². The van der Waals surface area contributed by atoms with Crippen LogP contribution in [0.25, 0.3) is 0 Å². The molecule has 4 nitrogen and oxygen atoms in total. The van der Waals surface area contributed by atoms with Gasteiger partial charge in [-0.05, 0) is 54.5 Å². The van der Waals surface area contributed by atoms with Gasteiger partial charge >= 0.3 is 38.7 Å². The first kappa shape index (κ1) is 22.6. The SMILES string of the molecule is Cc1cc(OC(=O)c2ccc(CP)cc2)ccc1OCOc1cc[c-]cc1.[Y+3]. The van der Waals surface area contributed by atoms with Crippen molar-refractivity contribution < 1.29 is 51.7 Å². The van der Waals surface area contributed by atoms with Gasteiger partial charge in [-0.15, -0.1) is 21.4 Å². The summed E-state index contributed by atoms with van der Waals surface area (Å²) in [5.74, 6) is 1.47. The van der Waals surface area contributed by atoms with E-state index in [4.69, 9.17) is 14.2 Å². The molecule has 1 unspecified atom stereocenters. The van der Waals surface area contributed by atoms with E-state index in [1.54, 1.807) is 42.5 Å². The quantitative estimate of drug-likeness (QED) is 0.164. The van der Waals surface area contributed by atoms with E-state index in [1.165, 1.54) is 0 Å². The molecular weight excluding hydrogens is 448 g/mol. The Morgan fingerprint density at radius 2 is 1.68 bits per heavy atom. The summed E-state index contributed by atoms with van der Waals surface area (Å²) in [6, 6.07) is 22.7. The predicted octanol–water partition coefficient (Wildman–Crippen LogP) is 4.80. The van der Waals surface area contributed by atoms with Crippen LogP contribution in [0.3, 0.4) is 0 Å². The number of hydrogen-bond acceptors (Lipinski definition) is 4. The fourth-order valence-electron chi connectivity index (χ4n) is 2.42. The number of carbonyl (C=O) groups is 1. The molecule has 0 radical (unpaired) electrons. The summed E-state index contributed by atoms with van der Waals surface area (Å²) in [4.78, 5) is 12.3. The maximum Gasteiger partial charge on any atom is 3.00 e. The molecule has 0 aliphatic rings. The second-order valence-electron chi connectivity index (χ2n) is 5.86. The molecule has 0 aliphatic carbocycles. The third kappa shape index (κ3) is 6.41. The van der Waals surface area contributed by atoms with Gasteiger partial charge in [0.15, 0.2) is 0 Å². The van der Waals surface area contributed by atoms with Crippen LogP contribution in [0.1, 0.15) is 21.5 Å². The van der Waals surface area contributed by atoms with E-state index in [2.05, 4.69) is 15.3 Å². The van der Waals surface area contributed by atoms with Crippen LogP contribution in [-0.4, -0.2) is 12.8 Å². The van der Waals surface area contributed by atoms with Crippen LogP contribution < -0.4 is 14.2 Å². The van der Waals surface area contributed by atoms with Crippen LogP contribution in [0, 0.1) is 13.0 Å². The fraction of sp³-hybridized carbons (Fsp3) is 0.136. The van der Waals surface area contributed by atoms with Crippen molar-refractivity contribution in [3.8, 4) is 17.2 Å². The molecular formula is C22H20O4PY+2. The topological polar surface area (TPSA) is 44.8 Å². The van der Waals surface area contributed by atoms with Crippen molar-refractivity contribution in [2.24, 2.45) is 0 Å². The van der Waals surface area contributed by atoms with Crippen LogP contribution in [0.4, 0.5) is 0 Å². The number of aryl methyl sites for hydroxylation is 1. The summed E-state index contributed by atoms with van der Waals surface area (Å²) >= 11 is 0. The first-order valence-electron chi connectivity index (χ1n) is 8.49. The number of esters is 1. The molecule has 0 fully saturated rings. The van der Waals surface area contributed by atoms with E-state index in [1.807, 2.05) is 31.2 Å². The number of benzene rings is 3. The standard InChI is InChI=1S/C22H20O4P.Y/c1-16-13-20(26-22(23)18-9-7-17(14-27)8-10-18)11-12-21(16)25-15-24-19-5-3-2-4-6-19;/h3-13H,14-15,27H2,1H3;/q-1;+3. The molecule has 0 saturated carbocycles. The van der Waals surface area contributed by atoms with Gasteiger partial charge in [0.2, 0.25) is 6.79 Å². The second kappa shape index (κ2) is 11.3. The summed E-state index contributed by atoms with van der Waals surface area (Å²) in [7, 11) is 2.65. The molecule has 28 heavy (non-hydrogen) atoms. The van der Waals surface area contributed by atoms with Crippen LogP contribution in [0.2, 0.25) is 0 Å². The van der Waals surface area contributed by atoms with Crippen molar-refractivity contribution in [2.75, 3.05) is 6.79 Å². The van der Waals surface area contributed by atoms with Crippen LogP contribution in [-0.2, 0) is 38.9 Å². The normalized spacial score (nSPS) is 9.93. The average Bonchev–Trinajstić information content (AvgIpc) is 2.70. The maximum atomic E-state index is 12.3. The Bertz CT molecular complexity index is 898. The third-order valence-corrected chi connectivity index (χ3v) is 4.38. The van der Waals surface area contributed by atoms with Gasteiger partial charge in [-0.1, -0.05) is 12.1 Å². The van der Waals surface area contributed by atoms with Gasteiger partial charge in [0.05, 0.1) is 5.56 Å². The molecule has 3 aromatic carbocycles. The Balaban J connectivity index is 0.00000280. The minimum Gasteiger partial charge on any atom is -0.483 e. The van der Waals surface area contributed by atoms with Gasteiger partial charge in [-0.2, -0.15) is 18.2 Å². The van der Waals surface area contributed by atoms with Gasteiger partial charge < -0.3 is 14.2 Å². The van der Waals surface area contributed by atoms with Crippen molar-refractivity contribution in [1.82, 2.24) is 0 Å². The van der Waals surface area contributed by atoms with E-state index < -0.39 is 0 Å². The van der Waals surface area contributed by atoms with Gasteiger partial charge in [-0.25, -0.2) is 4.79 Å². The maximum absolute atomic E-state index is 12.3. The first-order chi connectivity index (χ1) is 13.2. The Labute approximate surface area is 192 Å². The molecule has 1 atom stereocenters. The fourth-order valence-corrected chi connectivity index (χ4v) is 2.69. The summed E-state index contributed by atoms with van der Waals surface area (Å²) in [6.07, 6.45) is 0.850. The van der Waals surface area contributed by atoms with Crippen molar-refractivity contribution in [3.63, 3.8) is 0 Å². The van der Waals surface area contributed by atoms with Gasteiger partial charge in [-0.3, -0.25) is 0 Å². The smallest absolute Gasteiger partial charge is 0.483 e. The summed E-state index contributed by atoms with van der Waals surface area (Å²) in [6.45, 7) is 1.98. The van der Waals surface area contributed by atoms with Crippen molar-refractivity contribution in [2.45, 2.75) is 13.1 Å². The number of ether oxygens (including phenoxy) is 3. The van der Waals surface area contributed by atoms with E-state index >= 15 is 0 Å². The molecule has 0 spiro atoms. The van der Waals surface area contributed by atoms with Crippen LogP contribution >= 0.6 is 9.24 Å². The van der Waals surface area contributed by atoms with E-state index in [-0.39, 0.29) is 45.5 Å². The molecule has 0 amide bonds. The first-order valence-corrected chi connectivity index (χ1v) is 9.31. The molecule has 3 rings (SSSR count). The molecule has 0 heterocycles. The monoisotopic (exact) mass is 468 g/mol. The van der Waals surface area contributed by atoms with Crippen molar-refractivity contribution in [3.05, 3.63) is 89.5 Å². The largest absolute Gasteiger partial charge is 3.00 e. The Morgan fingerprint density at radius 3 is 2.32 bits per heavy atom. The van der Waals surface area contributed by atoms with Crippen LogP contribution in [0.15, 0.2) is 66.7 Å². The minimum atomic E-state index is -0.386. The Morgan fingerprint density at radius 1 is 0.964 bits per heavy atom. The summed E-state index contributed by atoms with van der Waals surface area (Å²) in [5.41, 5.74) is 2.51. The average molecular weight is 468 g/mol. The zero-order chi connectivity index (χ0) is 19.1. The van der Waals surface area contributed by atoms with Crippen LogP contribution in [0.5, 0.6) is 17.2 Å². The number of hydrogen-bond donors (Lipinski definition) is 0. The Kier molecular flexibility index (Phi) is 9.11. The zero-order valence-corrected chi connectivity index (χ0v) is 19.5. The number of rotatable bonds is 7. The third-order valence-electron chi connectivity index (χ3n) is 3.91. The molecule has 0 bridgehead atoms. The molecule has 0 aliphatic heterocycles. The molecule has 6 heteroatoms. The van der Waals surface area contributed by atoms with Crippen molar-refractivity contribution in [1.29, 1.82) is 0 Å². The van der Waals surface area contributed by atoms with Crippen molar-refractivity contribution >= 4 is 15.2 Å². The Hall–Kier alpha value is -1.74. The predicted molar refractivity (Wildman–Crippen MR) is 107 cm³/mol. The van der Waals surface area contributed by atoms with E-state index in [9.17, 15) is 4.79 Å². The zero-order valence-electron chi connectivity index (χ0n) is 15.6. The number of carbonyl (C=O) groups excluding carboxylic acids is 1. The van der Waals surface area contributed by atoms with Gasteiger partial charge in [0, 0.05) is 5.75 Å². The molecule has 3 aromatic rings. The minimum absolute atomic E-state index is 0. The summed E-state index contributed by atoms with van der Waals surface area (Å²) < 4.78 is 16.6. The second-order valence-corrected chi connectivity index (χ2v) is 6.27. The van der Waals surface area contributed by atoms with E-state index in [0.717, 1.165) is 17.3 Å². The van der Waals surface area contributed by atoms with Gasteiger partial charge in [0.25, 0.3) is 0 Å². The molecule has 0 saturated heterocycles. The molecule has 0 N–H and O–H groups in total. The molecule has 138 valence electrons.